The third kappa shape index (κ3) is 2.75. The number of rotatable bonds is 1. The quantitative estimate of drug-likeness (QED) is 0.434. The molecular formula is C17H24O5. The summed E-state index contributed by atoms with van der Waals surface area (Å²) in [4.78, 5) is 23.8. The maximum Gasteiger partial charge on any atom is 0.303 e. The van der Waals surface area contributed by atoms with Gasteiger partial charge in [-0.3, -0.25) is 9.59 Å². The number of Topliss-reactive ketones (excluding diaryl/α,β-unsaturated/α-hetero) is 1. The SMILES string of the molecule is C=C1C(=O)[C@H](OC(C)=O)/C=C(\C)[C@@H](O)[C@@H](O)[C@H]2[C@@H]1CC2(C)C. The summed E-state index contributed by atoms with van der Waals surface area (Å²) < 4.78 is 5.06. The van der Waals surface area contributed by atoms with Crippen molar-refractivity contribution in [2.75, 3.05) is 0 Å². The lowest BCUT2D eigenvalue weighted by Gasteiger charge is -2.54. The van der Waals surface area contributed by atoms with Crippen LogP contribution in [0.4, 0.5) is 0 Å². The van der Waals surface area contributed by atoms with Crippen molar-refractivity contribution < 1.29 is 24.5 Å². The van der Waals surface area contributed by atoms with E-state index >= 15 is 0 Å². The number of hydrogen-bond donors (Lipinski definition) is 2. The maximum absolute atomic E-state index is 12.6. The number of esters is 1. The predicted octanol–water partition coefficient (Wildman–Crippen LogP) is 1.39. The lowest BCUT2D eigenvalue weighted by Crippen LogP contribution is -2.55. The second kappa shape index (κ2) is 5.63. The Kier molecular flexibility index (Phi) is 4.33. The molecule has 0 amide bonds. The minimum absolute atomic E-state index is 0.185. The van der Waals surface area contributed by atoms with Crippen molar-refractivity contribution in [3.8, 4) is 0 Å². The fraction of sp³-hybridized carbons (Fsp3) is 0.647. The highest BCUT2D eigenvalue weighted by molar-refractivity contribution is 6.01. The van der Waals surface area contributed by atoms with Crippen LogP contribution in [0.5, 0.6) is 0 Å². The first-order valence-corrected chi connectivity index (χ1v) is 7.51. The Bertz CT molecular complexity index is 545. The van der Waals surface area contributed by atoms with Gasteiger partial charge in [0.25, 0.3) is 0 Å². The molecule has 22 heavy (non-hydrogen) atoms. The standard InChI is InChI=1S/C17H24O5/c1-8-6-12(22-10(3)18)15(20)9(2)11-7-17(4,5)13(11)16(21)14(8)19/h6,11-14,16,19,21H,2,7H2,1,3-5H3/b8-6+/t11-,12-,13-,14-,16+/m1/s1. The topological polar surface area (TPSA) is 83.8 Å². The summed E-state index contributed by atoms with van der Waals surface area (Å²) in [6, 6.07) is 0. The highest BCUT2D eigenvalue weighted by Gasteiger charge is 2.55. The second-order valence-corrected chi connectivity index (χ2v) is 7.09. The van der Waals surface area contributed by atoms with Gasteiger partial charge in [0.2, 0.25) is 5.78 Å². The molecule has 0 saturated heterocycles. The molecule has 122 valence electrons. The zero-order valence-corrected chi connectivity index (χ0v) is 13.5. The number of carbonyl (C=O) groups excluding carboxylic acids is 2. The van der Waals surface area contributed by atoms with E-state index in [9.17, 15) is 19.8 Å². The Labute approximate surface area is 130 Å². The first-order valence-electron chi connectivity index (χ1n) is 7.51. The molecule has 2 aliphatic rings. The third-order valence-corrected chi connectivity index (χ3v) is 4.97. The van der Waals surface area contributed by atoms with Gasteiger partial charge in [0.05, 0.1) is 6.10 Å². The van der Waals surface area contributed by atoms with Gasteiger partial charge in [-0.2, -0.15) is 0 Å². The summed E-state index contributed by atoms with van der Waals surface area (Å²) in [6.07, 6.45) is -1.05. The van der Waals surface area contributed by atoms with E-state index in [2.05, 4.69) is 6.58 Å². The molecule has 0 radical (unpaired) electrons. The summed E-state index contributed by atoms with van der Waals surface area (Å²) in [7, 11) is 0. The number of aliphatic hydroxyl groups is 2. The van der Waals surface area contributed by atoms with Gasteiger partial charge >= 0.3 is 5.97 Å². The van der Waals surface area contributed by atoms with Gasteiger partial charge in [0.15, 0.2) is 6.10 Å². The van der Waals surface area contributed by atoms with Crippen LogP contribution in [0.15, 0.2) is 23.8 Å². The lowest BCUT2D eigenvalue weighted by molar-refractivity contribution is -0.150. The van der Waals surface area contributed by atoms with E-state index in [0.717, 1.165) is 0 Å². The molecule has 1 saturated carbocycles. The number of hydrogen-bond acceptors (Lipinski definition) is 5. The molecule has 0 aromatic heterocycles. The normalized spacial score (nSPS) is 40.3. The molecule has 2 aliphatic carbocycles. The van der Waals surface area contributed by atoms with Crippen molar-refractivity contribution in [3.05, 3.63) is 23.8 Å². The largest absolute Gasteiger partial charge is 0.450 e. The molecule has 5 atom stereocenters. The van der Waals surface area contributed by atoms with E-state index in [1.165, 1.54) is 13.0 Å². The molecular weight excluding hydrogens is 284 g/mol. The smallest absolute Gasteiger partial charge is 0.303 e. The second-order valence-electron chi connectivity index (χ2n) is 7.09. The molecule has 0 aromatic carbocycles. The van der Waals surface area contributed by atoms with E-state index < -0.39 is 24.3 Å². The van der Waals surface area contributed by atoms with Gasteiger partial charge in [-0.1, -0.05) is 20.4 Å². The van der Waals surface area contributed by atoms with Gasteiger partial charge in [-0.05, 0) is 47.8 Å². The van der Waals surface area contributed by atoms with E-state index in [4.69, 9.17) is 4.74 Å². The van der Waals surface area contributed by atoms with Gasteiger partial charge in [-0.25, -0.2) is 0 Å². The Morgan fingerprint density at radius 1 is 1.41 bits per heavy atom. The van der Waals surface area contributed by atoms with Crippen LogP contribution >= 0.6 is 0 Å². The first kappa shape index (κ1) is 16.9. The van der Waals surface area contributed by atoms with Crippen LogP contribution in [0, 0.1) is 17.3 Å². The summed E-state index contributed by atoms with van der Waals surface area (Å²) in [5.74, 6) is -1.39. The van der Waals surface area contributed by atoms with Gasteiger partial charge in [0, 0.05) is 6.92 Å². The minimum atomic E-state index is -1.09. The molecule has 1 fully saturated rings. The summed E-state index contributed by atoms with van der Waals surface area (Å²) >= 11 is 0. The lowest BCUT2D eigenvalue weighted by atomic mass is 9.51. The third-order valence-electron chi connectivity index (χ3n) is 4.97. The number of ketones is 1. The van der Waals surface area contributed by atoms with Crippen molar-refractivity contribution in [2.24, 2.45) is 17.3 Å². The van der Waals surface area contributed by atoms with Gasteiger partial charge in [-0.15, -0.1) is 0 Å². The zero-order valence-electron chi connectivity index (χ0n) is 13.5. The summed E-state index contributed by atoms with van der Waals surface area (Å²) in [6.45, 7) is 10.7. The molecule has 2 N–H and O–H groups in total. The Morgan fingerprint density at radius 2 is 2.00 bits per heavy atom. The van der Waals surface area contributed by atoms with Gasteiger partial charge < -0.3 is 14.9 Å². The van der Waals surface area contributed by atoms with Crippen LogP contribution in [-0.4, -0.2) is 40.3 Å². The van der Waals surface area contributed by atoms with Gasteiger partial charge in [0.1, 0.15) is 6.10 Å². The van der Waals surface area contributed by atoms with Crippen LogP contribution < -0.4 is 0 Å². The molecule has 0 heterocycles. The van der Waals surface area contributed by atoms with Crippen LogP contribution in [0.2, 0.25) is 0 Å². The molecule has 0 bridgehead atoms. The van der Waals surface area contributed by atoms with Crippen molar-refractivity contribution in [1.29, 1.82) is 0 Å². The molecule has 2 rings (SSSR count). The molecule has 0 aromatic rings. The van der Waals surface area contributed by atoms with Crippen LogP contribution in [0.3, 0.4) is 0 Å². The molecule has 5 heteroatoms. The maximum atomic E-state index is 12.6. The predicted molar refractivity (Wildman–Crippen MR) is 80.8 cm³/mol. The average molecular weight is 308 g/mol. The molecule has 5 nitrogen and oxygen atoms in total. The summed E-state index contributed by atoms with van der Waals surface area (Å²) in [5, 5.41) is 20.9. The van der Waals surface area contributed by atoms with Crippen molar-refractivity contribution in [1.82, 2.24) is 0 Å². The monoisotopic (exact) mass is 308 g/mol. The van der Waals surface area contributed by atoms with Crippen LogP contribution in [0.1, 0.15) is 34.1 Å². The fourth-order valence-electron chi connectivity index (χ4n) is 3.76. The number of ether oxygens (including phenoxy) is 1. The van der Waals surface area contributed by atoms with Crippen molar-refractivity contribution in [2.45, 2.75) is 52.4 Å². The Hall–Kier alpha value is -1.46. The van der Waals surface area contributed by atoms with Crippen LogP contribution in [0.25, 0.3) is 0 Å². The average Bonchev–Trinajstić information content (AvgIpc) is 2.41. The minimum Gasteiger partial charge on any atom is -0.450 e. The number of fused-ring (bicyclic) bond motifs is 1. The van der Waals surface area contributed by atoms with E-state index in [1.807, 2.05) is 13.8 Å². The Morgan fingerprint density at radius 3 is 2.50 bits per heavy atom. The summed E-state index contributed by atoms with van der Waals surface area (Å²) in [5.41, 5.74) is 0.589. The van der Waals surface area contributed by atoms with E-state index in [1.54, 1.807) is 6.92 Å². The van der Waals surface area contributed by atoms with E-state index in [0.29, 0.717) is 17.6 Å². The zero-order chi connectivity index (χ0) is 16.8. The molecule has 0 spiro atoms. The van der Waals surface area contributed by atoms with Crippen LogP contribution in [-0.2, 0) is 14.3 Å². The van der Waals surface area contributed by atoms with Crippen molar-refractivity contribution >= 4 is 11.8 Å². The molecule has 0 aliphatic heterocycles. The van der Waals surface area contributed by atoms with E-state index in [-0.39, 0.29) is 23.0 Å². The Balaban J connectivity index is 2.43. The fourth-order valence-corrected chi connectivity index (χ4v) is 3.76. The number of carbonyl (C=O) groups is 2. The molecule has 0 unspecified atom stereocenters. The highest BCUT2D eigenvalue weighted by atomic mass is 16.5. The first-order chi connectivity index (χ1) is 10.1. The number of aliphatic hydroxyl groups excluding tert-OH is 2. The highest BCUT2D eigenvalue weighted by Crippen LogP contribution is 2.56. The van der Waals surface area contributed by atoms with Crippen molar-refractivity contribution in [3.63, 3.8) is 0 Å².